The number of primary amides is 1. The molecule has 1 amide bonds. The van der Waals surface area contributed by atoms with Crippen LogP contribution in [0.3, 0.4) is 0 Å². The third-order valence-electron chi connectivity index (χ3n) is 3.38. The highest BCUT2D eigenvalue weighted by Crippen LogP contribution is 2.25. The standard InChI is InChI=1S/C19H16N2O2/c20-19(22)13-23-16-10-8-14(9-11-16)12-21-18-7-3-5-15-4-1-2-6-17(15)18/h1-12H,13H2,(H2,20,22). The van der Waals surface area contributed by atoms with Crippen molar-refractivity contribution in [3.05, 3.63) is 72.3 Å². The summed E-state index contributed by atoms with van der Waals surface area (Å²) in [5, 5.41) is 2.28. The molecule has 0 atom stereocenters. The predicted molar refractivity (Wildman–Crippen MR) is 92.3 cm³/mol. The van der Waals surface area contributed by atoms with Gasteiger partial charge in [0, 0.05) is 11.6 Å². The Labute approximate surface area is 134 Å². The Kier molecular flexibility index (Phi) is 4.34. The van der Waals surface area contributed by atoms with Gasteiger partial charge < -0.3 is 10.5 Å². The van der Waals surface area contributed by atoms with E-state index in [1.54, 1.807) is 18.3 Å². The SMILES string of the molecule is NC(=O)COc1ccc(C=Nc2cccc3ccccc23)cc1. The smallest absolute Gasteiger partial charge is 0.255 e. The lowest BCUT2D eigenvalue weighted by Crippen LogP contribution is -2.19. The minimum atomic E-state index is -0.494. The summed E-state index contributed by atoms with van der Waals surface area (Å²) in [5.74, 6) is 0.109. The fraction of sp³-hybridized carbons (Fsp3) is 0.0526. The lowest BCUT2D eigenvalue weighted by Gasteiger charge is -2.03. The molecular formula is C19H16N2O2. The summed E-state index contributed by atoms with van der Waals surface area (Å²) in [7, 11) is 0. The van der Waals surface area contributed by atoms with Crippen LogP contribution in [0.15, 0.2) is 71.7 Å². The monoisotopic (exact) mass is 304 g/mol. The molecule has 0 aliphatic heterocycles. The molecule has 0 aliphatic carbocycles. The van der Waals surface area contributed by atoms with Crippen LogP contribution in [-0.4, -0.2) is 18.7 Å². The van der Waals surface area contributed by atoms with Crippen LogP contribution in [0.2, 0.25) is 0 Å². The topological polar surface area (TPSA) is 64.7 Å². The van der Waals surface area contributed by atoms with E-state index in [1.807, 2.05) is 36.4 Å². The average molecular weight is 304 g/mol. The Morgan fingerprint density at radius 3 is 2.52 bits per heavy atom. The summed E-state index contributed by atoms with van der Waals surface area (Å²) in [4.78, 5) is 15.3. The number of ether oxygens (including phenoxy) is 1. The summed E-state index contributed by atoms with van der Waals surface area (Å²) in [6.07, 6.45) is 1.81. The van der Waals surface area contributed by atoms with Gasteiger partial charge in [-0.05, 0) is 41.3 Å². The van der Waals surface area contributed by atoms with Gasteiger partial charge in [-0.15, -0.1) is 0 Å². The van der Waals surface area contributed by atoms with Crippen molar-refractivity contribution in [2.24, 2.45) is 10.7 Å². The number of rotatable bonds is 5. The number of hydrogen-bond donors (Lipinski definition) is 1. The van der Waals surface area contributed by atoms with Crippen molar-refractivity contribution in [1.29, 1.82) is 0 Å². The molecule has 2 N–H and O–H groups in total. The van der Waals surface area contributed by atoms with Gasteiger partial charge in [-0.3, -0.25) is 9.79 Å². The number of nitrogens with zero attached hydrogens (tertiary/aromatic N) is 1. The molecule has 0 saturated carbocycles. The molecule has 0 aromatic heterocycles. The molecule has 0 aliphatic rings. The number of benzene rings is 3. The van der Waals surface area contributed by atoms with Crippen molar-refractivity contribution >= 4 is 28.6 Å². The number of fused-ring (bicyclic) bond motifs is 1. The molecule has 114 valence electrons. The predicted octanol–water partition coefficient (Wildman–Crippen LogP) is 3.45. The fourth-order valence-corrected chi connectivity index (χ4v) is 2.27. The van der Waals surface area contributed by atoms with Crippen LogP contribution >= 0.6 is 0 Å². The number of nitrogens with two attached hydrogens (primary N) is 1. The summed E-state index contributed by atoms with van der Waals surface area (Å²) < 4.78 is 5.22. The first kappa shape index (κ1) is 14.8. The first-order chi connectivity index (χ1) is 11.2. The fourth-order valence-electron chi connectivity index (χ4n) is 2.27. The van der Waals surface area contributed by atoms with Crippen molar-refractivity contribution < 1.29 is 9.53 Å². The van der Waals surface area contributed by atoms with E-state index >= 15 is 0 Å². The van der Waals surface area contributed by atoms with Crippen LogP contribution in [0.5, 0.6) is 5.75 Å². The minimum absolute atomic E-state index is 0.122. The minimum Gasteiger partial charge on any atom is -0.484 e. The Morgan fingerprint density at radius 2 is 1.74 bits per heavy atom. The summed E-state index contributed by atoms with van der Waals surface area (Å²) >= 11 is 0. The highest BCUT2D eigenvalue weighted by Gasteiger charge is 1.99. The first-order valence-electron chi connectivity index (χ1n) is 7.25. The maximum atomic E-state index is 10.7. The molecule has 4 heteroatoms. The largest absolute Gasteiger partial charge is 0.484 e. The first-order valence-corrected chi connectivity index (χ1v) is 7.25. The van der Waals surface area contributed by atoms with Crippen molar-refractivity contribution in [2.75, 3.05) is 6.61 Å². The second-order valence-corrected chi connectivity index (χ2v) is 5.08. The van der Waals surface area contributed by atoms with Gasteiger partial charge in [0.25, 0.3) is 5.91 Å². The number of hydrogen-bond acceptors (Lipinski definition) is 3. The van der Waals surface area contributed by atoms with Crippen LogP contribution < -0.4 is 10.5 Å². The zero-order valence-electron chi connectivity index (χ0n) is 12.5. The maximum absolute atomic E-state index is 10.7. The molecule has 4 nitrogen and oxygen atoms in total. The van der Waals surface area contributed by atoms with Crippen LogP contribution in [0, 0.1) is 0 Å². The zero-order chi connectivity index (χ0) is 16.1. The third-order valence-corrected chi connectivity index (χ3v) is 3.38. The van der Waals surface area contributed by atoms with E-state index in [9.17, 15) is 4.79 Å². The van der Waals surface area contributed by atoms with Gasteiger partial charge in [0.05, 0.1) is 5.69 Å². The second kappa shape index (κ2) is 6.75. The van der Waals surface area contributed by atoms with Crippen LogP contribution in [0.1, 0.15) is 5.56 Å². The summed E-state index contributed by atoms with van der Waals surface area (Å²) in [6, 6.07) is 21.5. The number of amides is 1. The molecular weight excluding hydrogens is 288 g/mol. The Balaban J connectivity index is 1.78. The van der Waals surface area contributed by atoms with E-state index in [1.165, 1.54) is 0 Å². The highest BCUT2D eigenvalue weighted by atomic mass is 16.5. The lowest BCUT2D eigenvalue weighted by atomic mass is 10.1. The Hall–Kier alpha value is -3.14. The summed E-state index contributed by atoms with van der Waals surface area (Å²) in [5.41, 5.74) is 6.92. The third kappa shape index (κ3) is 3.74. The molecule has 23 heavy (non-hydrogen) atoms. The molecule has 3 rings (SSSR count). The number of carbonyl (C=O) groups is 1. The molecule has 3 aromatic rings. The van der Waals surface area contributed by atoms with E-state index < -0.39 is 5.91 Å². The van der Waals surface area contributed by atoms with Crippen LogP contribution in [0.4, 0.5) is 5.69 Å². The molecule has 0 spiro atoms. The van der Waals surface area contributed by atoms with E-state index in [-0.39, 0.29) is 6.61 Å². The number of aliphatic imine (C=N–C) groups is 1. The second-order valence-electron chi connectivity index (χ2n) is 5.08. The normalized spacial score (nSPS) is 11.0. The van der Waals surface area contributed by atoms with Gasteiger partial charge in [-0.1, -0.05) is 36.4 Å². The van der Waals surface area contributed by atoms with E-state index in [0.717, 1.165) is 22.0 Å². The number of carbonyl (C=O) groups excluding carboxylic acids is 1. The van der Waals surface area contributed by atoms with Gasteiger partial charge in [0.1, 0.15) is 5.75 Å². The molecule has 0 radical (unpaired) electrons. The molecule has 0 fully saturated rings. The highest BCUT2D eigenvalue weighted by molar-refractivity contribution is 5.95. The van der Waals surface area contributed by atoms with Gasteiger partial charge >= 0.3 is 0 Å². The van der Waals surface area contributed by atoms with E-state index in [0.29, 0.717) is 5.75 Å². The van der Waals surface area contributed by atoms with Crippen molar-refractivity contribution in [2.45, 2.75) is 0 Å². The molecule has 0 unspecified atom stereocenters. The van der Waals surface area contributed by atoms with Crippen molar-refractivity contribution in [3.8, 4) is 5.75 Å². The average Bonchev–Trinajstić information content (AvgIpc) is 2.59. The van der Waals surface area contributed by atoms with Crippen molar-refractivity contribution in [1.82, 2.24) is 0 Å². The zero-order valence-corrected chi connectivity index (χ0v) is 12.5. The van der Waals surface area contributed by atoms with E-state index in [4.69, 9.17) is 10.5 Å². The van der Waals surface area contributed by atoms with Crippen LogP contribution in [-0.2, 0) is 4.79 Å². The van der Waals surface area contributed by atoms with E-state index in [2.05, 4.69) is 23.2 Å². The van der Waals surface area contributed by atoms with Gasteiger partial charge in [-0.25, -0.2) is 0 Å². The van der Waals surface area contributed by atoms with Crippen LogP contribution in [0.25, 0.3) is 10.8 Å². The molecule has 0 heterocycles. The molecule has 0 saturated heterocycles. The lowest BCUT2D eigenvalue weighted by molar-refractivity contribution is -0.119. The maximum Gasteiger partial charge on any atom is 0.255 e. The quantitative estimate of drug-likeness (QED) is 0.734. The Morgan fingerprint density at radius 1 is 1.00 bits per heavy atom. The summed E-state index contributed by atoms with van der Waals surface area (Å²) in [6.45, 7) is -0.122. The van der Waals surface area contributed by atoms with Gasteiger partial charge in [0.2, 0.25) is 0 Å². The Bertz CT molecular complexity index is 849. The van der Waals surface area contributed by atoms with Gasteiger partial charge in [0.15, 0.2) is 6.61 Å². The van der Waals surface area contributed by atoms with Crippen molar-refractivity contribution in [3.63, 3.8) is 0 Å². The van der Waals surface area contributed by atoms with Gasteiger partial charge in [-0.2, -0.15) is 0 Å². The molecule has 3 aromatic carbocycles. The molecule has 0 bridgehead atoms.